The number of benzene rings is 1. The van der Waals surface area contributed by atoms with Gasteiger partial charge >= 0.3 is 0 Å². The van der Waals surface area contributed by atoms with Gasteiger partial charge in [0.2, 0.25) is 5.95 Å². The second-order valence-electron chi connectivity index (χ2n) is 3.79. The Morgan fingerprint density at radius 3 is 2.53 bits per heavy atom. The fourth-order valence-corrected chi connectivity index (χ4v) is 1.57. The van der Waals surface area contributed by atoms with Crippen LogP contribution in [-0.2, 0) is 0 Å². The zero-order valence-corrected chi connectivity index (χ0v) is 11.3. The van der Waals surface area contributed by atoms with Gasteiger partial charge in [0.1, 0.15) is 0 Å². The number of rotatable bonds is 3. The molecule has 1 N–H and O–H groups in total. The van der Waals surface area contributed by atoms with E-state index in [1.807, 2.05) is 43.3 Å². The van der Waals surface area contributed by atoms with Gasteiger partial charge < -0.3 is 10.2 Å². The average molecular weight is 293 g/mol. The summed E-state index contributed by atoms with van der Waals surface area (Å²) in [7, 11) is 4.02. The Balaban J connectivity index is 2.18. The first kappa shape index (κ1) is 11.9. The SMILES string of the molecule is CN(C)c1cccc(Nc2ncc(Br)cn2)c1. The van der Waals surface area contributed by atoms with Crippen molar-refractivity contribution in [1.82, 2.24) is 9.97 Å². The molecule has 1 heterocycles. The van der Waals surface area contributed by atoms with E-state index in [0.29, 0.717) is 5.95 Å². The predicted molar refractivity (Wildman–Crippen MR) is 73.8 cm³/mol. The van der Waals surface area contributed by atoms with Gasteiger partial charge in [0.15, 0.2) is 0 Å². The molecule has 4 nitrogen and oxygen atoms in total. The number of nitrogens with one attached hydrogen (secondary N) is 1. The highest BCUT2D eigenvalue weighted by atomic mass is 79.9. The van der Waals surface area contributed by atoms with Crippen LogP contribution in [-0.4, -0.2) is 24.1 Å². The van der Waals surface area contributed by atoms with E-state index < -0.39 is 0 Å². The molecule has 17 heavy (non-hydrogen) atoms. The summed E-state index contributed by atoms with van der Waals surface area (Å²) < 4.78 is 0.866. The van der Waals surface area contributed by atoms with Crippen molar-refractivity contribution in [1.29, 1.82) is 0 Å². The summed E-state index contributed by atoms with van der Waals surface area (Å²) in [6.45, 7) is 0. The molecule has 0 saturated carbocycles. The minimum atomic E-state index is 0.587. The van der Waals surface area contributed by atoms with Crippen LogP contribution in [0.15, 0.2) is 41.1 Å². The van der Waals surface area contributed by atoms with Crippen LogP contribution < -0.4 is 10.2 Å². The smallest absolute Gasteiger partial charge is 0.227 e. The van der Waals surface area contributed by atoms with E-state index in [0.717, 1.165) is 15.8 Å². The predicted octanol–water partition coefficient (Wildman–Crippen LogP) is 3.05. The zero-order chi connectivity index (χ0) is 12.3. The van der Waals surface area contributed by atoms with Gasteiger partial charge in [-0.1, -0.05) is 6.07 Å². The summed E-state index contributed by atoms with van der Waals surface area (Å²) in [5.74, 6) is 0.587. The number of hydrogen-bond donors (Lipinski definition) is 1. The van der Waals surface area contributed by atoms with Crippen LogP contribution in [0, 0.1) is 0 Å². The second-order valence-corrected chi connectivity index (χ2v) is 4.71. The van der Waals surface area contributed by atoms with E-state index in [9.17, 15) is 0 Å². The molecule has 0 fully saturated rings. The van der Waals surface area contributed by atoms with Gasteiger partial charge in [0, 0.05) is 37.9 Å². The number of hydrogen-bond acceptors (Lipinski definition) is 4. The van der Waals surface area contributed by atoms with Crippen LogP contribution in [0.2, 0.25) is 0 Å². The summed E-state index contributed by atoms with van der Waals surface area (Å²) in [6, 6.07) is 8.08. The largest absolute Gasteiger partial charge is 0.378 e. The Labute approximate surface area is 109 Å². The molecular formula is C12H13BrN4. The molecule has 0 aliphatic rings. The number of anilines is 3. The van der Waals surface area contributed by atoms with Crippen LogP contribution >= 0.6 is 15.9 Å². The molecule has 0 spiro atoms. The molecule has 0 aliphatic carbocycles. The monoisotopic (exact) mass is 292 g/mol. The Bertz CT molecular complexity index is 496. The summed E-state index contributed by atoms with van der Waals surface area (Å²) in [6.07, 6.45) is 3.43. The lowest BCUT2D eigenvalue weighted by molar-refractivity contribution is 1.13. The fourth-order valence-electron chi connectivity index (χ4n) is 1.37. The molecule has 0 saturated heterocycles. The van der Waals surface area contributed by atoms with Crippen LogP contribution in [0.1, 0.15) is 0 Å². The molecule has 2 aromatic rings. The summed E-state index contributed by atoms with van der Waals surface area (Å²) >= 11 is 3.30. The third-order valence-corrected chi connectivity index (χ3v) is 2.65. The molecule has 88 valence electrons. The Hall–Kier alpha value is -1.62. The van der Waals surface area contributed by atoms with E-state index in [1.165, 1.54) is 0 Å². The standard InChI is InChI=1S/C12H13BrN4/c1-17(2)11-5-3-4-10(6-11)16-12-14-7-9(13)8-15-12/h3-8H,1-2H3,(H,14,15,16). The summed E-state index contributed by atoms with van der Waals surface area (Å²) in [4.78, 5) is 10.4. The van der Waals surface area contributed by atoms with Crippen LogP contribution in [0.25, 0.3) is 0 Å². The lowest BCUT2D eigenvalue weighted by Gasteiger charge is -2.13. The zero-order valence-electron chi connectivity index (χ0n) is 9.68. The molecule has 5 heteroatoms. The third kappa shape index (κ3) is 3.17. The van der Waals surface area contributed by atoms with Crippen molar-refractivity contribution >= 4 is 33.3 Å². The van der Waals surface area contributed by atoms with Gasteiger partial charge in [-0.2, -0.15) is 0 Å². The van der Waals surface area contributed by atoms with E-state index in [2.05, 4.69) is 31.2 Å². The highest BCUT2D eigenvalue weighted by Crippen LogP contribution is 2.19. The van der Waals surface area contributed by atoms with E-state index in [4.69, 9.17) is 0 Å². The minimum Gasteiger partial charge on any atom is -0.378 e. The minimum absolute atomic E-state index is 0.587. The van der Waals surface area contributed by atoms with Gasteiger partial charge in [-0.05, 0) is 34.1 Å². The molecule has 0 bridgehead atoms. The first-order chi connectivity index (χ1) is 8.15. The molecule has 2 rings (SSSR count). The lowest BCUT2D eigenvalue weighted by Crippen LogP contribution is -2.08. The van der Waals surface area contributed by atoms with Crippen LogP contribution in [0.3, 0.4) is 0 Å². The lowest BCUT2D eigenvalue weighted by atomic mass is 10.2. The molecule has 0 amide bonds. The van der Waals surface area contributed by atoms with Gasteiger partial charge in [-0.25, -0.2) is 9.97 Å². The van der Waals surface area contributed by atoms with Crippen LogP contribution in [0.4, 0.5) is 17.3 Å². The first-order valence-electron chi connectivity index (χ1n) is 5.17. The van der Waals surface area contributed by atoms with Crippen LogP contribution in [0.5, 0.6) is 0 Å². The Morgan fingerprint density at radius 2 is 1.88 bits per heavy atom. The maximum Gasteiger partial charge on any atom is 0.227 e. The van der Waals surface area contributed by atoms with Gasteiger partial charge in [0.25, 0.3) is 0 Å². The quantitative estimate of drug-likeness (QED) is 0.944. The highest BCUT2D eigenvalue weighted by Gasteiger charge is 2.00. The van der Waals surface area contributed by atoms with Crippen molar-refractivity contribution in [3.05, 3.63) is 41.1 Å². The summed E-state index contributed by atoms with van der Waals surface area (Å²) in [5.41, 5.74) is 2.10. The highest BCUT2D eigenvalue weighted by molar-refractivity contribution is 9.10. The van der Waals surface area contributed by atoms with Gasteiger partial charge in [-0.15, -0.1) is 0 Å². The Morgan fingerprint density at radius 1 is 1.18 bits per heavy atom. The van der Waals surface area contributed by atoms with Crippen molar-refractivity contribution in [3.63, 3.8) is 0 Å². The molecular weight excluding hydrogens is 280 g/mol. The van der Waals surface area contributed by atoms with Crippen molar-refractivity contribution in [2.45, 2.75) is 0 Å². The third-order valence-electron chi connectivity index (χ3n) is 2.24. The van der Waals surface area contributed by atoms with Crippen molar-refractivity contribution in [2.75, 3.05) is 24.3 Å². The van der Waals surface area contributed by atoms with Crippen molar-refractivity contribution in [2.24, 2.45) is 0 Å². The van der Waals surface area contributed by atoms with Gasteiger partial charge in [-0.3, -0.25) is 0 Å². The maximum absolute atomic E-state index is 4.17. The van der Waals surface area contributed by atoms with Crippen molar-refractivity contribution < 1.29 is 0 Å². The number of halogens is 1. The molecule has 0 unspecified atom stereocenters. The second kappa shape index (κ2) is 5.14. The maximum atomic E-state index is 4.17. The molecule has 1 aromatic carbocycles. The molecule has 1 aromatic heterocycles. The number of nitrogens with zero attached hydrogens (tertiary/aromatic N) is 3. The van der Waals surface area contributed by atoms with E-state index >= 15 is 0 Å². The normalized spacial score (nSPS) is 10.1. The fraction of sp³-hybridized carbons (Fsp3) is 0.167. The molecule has 0 atom stereocenters. The topological polar surface area (TPSA) is 41.0 Å². The van der Waals surface area contributed by atoms with Crippen molar-refractivity contribution in [3.8, 4) is 0 Å². The molecule has 0 aliphatic heterocycles. The molecule has 0 radical (unpaired) electrons. The Kier molecular flexibility index (Phi) is 3.58. The van der Waals surface area contributed by atoms with E-state index in [-0.39, 0.29) is 0 Å². The van der Waals surface area contributed by atoms with E-state index in [1.54, 1.807) is 12.4 Å². The van der Waals surface area contributed by atoms with Gasteiger partial charge in [0.05, 0.1) is 4.47 Å². The number of aromatic nitrogens is 2. The average Bonchev–Trinajstić information content (AvgIpc) is 2.32. The first-order valence-corrected chi connectivity index (χ1v) is 5.96. The summed E-state index contributed by atoms with van der Waals surface area (Å²) in [5, 5.41) is 3.16.